The van der Waals surface area contributed by atoms with Crippen LogP contribution in [0.5, 0.6) is 5.75 Å². The van der Waals surface area contributed by atoms with E-state index in [0.717, 1.165) is 25.2 Å². The fraction of sp³-hybridized carbons (Fsp3) is 0.708. The maximum absolute atomic E-state index is 14.5. The number of hydrogen-bond acceptors (Lipinski definition) is 3. The average Bonchev–Trinajstić information content (AvgIpc) is 2.73. The second-order valence-electron chi connectivity index (χ2n) is 8.60. The second kappa shape index (κ2) is 10.4. The first-order chi connectivity index (χ1) is 14.0. The number of halogens is 2. The lowest BCUT2D eigenvalue weighted by Crippen LogP contribution is -2.36. The molecule has 0 spiro atoms. The van der Waals surface area contributed by atoms with E-state index in [1.807, 2.05) is 0 Å². The molecule has 0 radical (unpaired) electrons. The number of hydrogen-bond donors (Lipinski definition) is 0. The van der Waals surface area contributed by atoms with Gasteiger partial charge < -0.3 is 9.47 Å². The minimum absolute atomic E-state index is 0.0778. The van der Waals surface area contributed by atoms with Crippen LogP contribution in [0.2, 0.25) is 0 Å². The minimum atomic E-state index is -1.03. The zero-order chi connectivity index (χ0) is 20.8. The zero-order valence-corrected chi connectivity index (χ0v) is 17.7. The Hall–Kier alpha value is -1.65. The van der Waals surface area contributed by atoms with Gasteiger partial charge in [0.2, 0.25) is 5.82 Å². The van der Waals surface area contributed by atoms with E-state index in [4.69, 9.17) is 9.47 Å². The lowest BCUT2D eigenvalue weighted by atomic mass is 9.75. The fourth-order valence-corrected chi connectivity index (χ4v) is 4.97. The van der Waals surface area contributed by atoms with Crippen LogP contribution >= 0.6 is 0 Å². The fourth-order valence-electron chi connectivity index (χ4n) is 4.97. The standard InChI is InChI=1S/C24H34F2O3/c1-3-5-6-7-16-8-10-17(11-9-16)20-14-13-19(24(27)29-20)18-12-15-21(28-4-2)23(26)22(18)25/h12,15-17,19-20H,3-11,13-14H2,1-2H3. The Morgan fingerprint density at radius 2 is 1.76 bits per heavy atom. The van der Waals surface area contributed by atoms with Crippen LogP contribution in [0.3, 0.4) is 0 Å². The van der Waals surface area contributed by atoms with Gasteiger partial charge in [-0.25, -0.2) is 4.39 Å². The van der Waals surface area contributed by atoms with Gasteiger partial charge in [0.1, 0.15) is 6.10 Å². The highest BCUT2D eigenvalue weighted by Gasteiger charge is 2.38. The van der Waals surface area contributed by atoms with E-state index in [1.165, 1.54) is 50.7 Å². The molecule has 0 aromatic heterocycles. The lowest BCUT2D eigenvalue weighted by molar-refractivity contribution is -0.160. The molecule has 162 valence electrons. The van der Waals surface area contributed by atoms with E-state index in [-0.39, 0.29) is 24.0 Å². The average molecular weight is 409 g/mol. The quantitative estimate of drug-likeness (QED) is 0.362. The van der Waals surface area contributed by atoms with Crippen molar-refractivity contribution >= 4 is 5.97 Å². The molecule has 1 saturated heterocycles. The number of carbonyl (C=O) groups excluding carboxylic acids is 1. The Morgan fingerprint density at radius 3 is 2.41 bits per heavy atom. The minimum Gasteiger partial charge on any atom is -0.491 e. The topological polar surface area (TPSA) is 35.5 Å². The van der Waals surface area contributed by atoms with Gasteiger partial charge in [0.15, 0.2) is 11.6 Å². The third-order valence-corrected chi connectivity index (χ3v) is 6.68. The molecule has 1 saturated carbocycles. The van der Waals surface area contributed by atoms with Crippen LogP contribution in [0, 0.1) is 23.5 Å². The van der Waals surface area contributed by atoms with E-state index < -0.39 is 23.5 Å². The Labute approximate surface area is 173 Å². The molecule has 1 aromatic carbocycles. The highest BCUT2D eigenvalue weighted by Crippen LogP contribution is 2.40. The van der Waals surface area contributed by atoms with Crippen molar-refractivity contribution in [3.05, 3.63) is 29.3 Å². The summed E-state index contributed by atoms with van der Waals surface area (Å²) in [6.07, 6.45) is 11.0. The van der Waals surface area contributed by atoms with Crippen LogP contribution in [-0.2, 0) is 9.53 Å². The summed E-state index contributed by atoms with van der Waals surface area (Å²) in [4.78, 5) is 12.6. The Balaban J connectivity index is 1.55. The van der Waals surface area contributed by atoms with Crippen molar-refractivity contribution in [1.82, 2.24) is 0 Å². The molecule has 0 amide bonds. The van der Waals surface area contributed by atoms with Crippen molar-refractivity contribution < 1.29 is 23.0 Å². The number of unbranched alkanes of at least 4 members (excludes halogenated alkanes) is 2. The molecule has 1 aromatic rings. The van der Waals surface area contributed by atoms with Crippen LogP contribution in [0.25, 0.3) is 0 Å². The van der Waals surface area contributed by atoms with Crippen LogP contribution in [0.4, 0.5) is 8.78 Å². The third-order valence-electron chi connectivity index (χ3n) is 6.68. The molecule has 2 fully saturated rings. The van der Waals surface area contributed by atoms with Gasteiger partial charge >= 0.3 is 5.97 Å². The van der Waals surface area contributed by atoms with E-state index >= 15 is 0 Å². The number of rotatable bonds is 8. The summed E-state index contributed by atoms with van der Waals surface area (Å²) < 4.78 is 39.5. The molecule has 3 rings (SSSR count). The Kier molecular flexibility index (Phi) is 7.91. The van der Waals surface area contributed by atoms with Gasteiger partial charge in [0, 0.05) is 5.56 Å². The largest absolute Gasteiger partial charge is 0.491 e. The second-order valence-corrected chi connectivity index (χ2v) is 8.60. The number of ether oxygens (including phenoxy) is 2. The summed E-state index contributed by atoms with van der Waals surface area (Å²) in [6, 6.07) is 2.85. The molecule has 0 bridgehead atoms. The number of carbonyl (C=O) groups is 1. The third kappa shape index (κ3) is 5.29. The van der Waals surface area contributed by atoms with E-state index in [2.05, 4.69) is 6.92 Å². The molecule has 3 nitrogen and oxygen atoms in total. The maximum Gasteiger partial charge on any atom is 0.313 e. The van der Waals surface area contributed by atoms with Crippen LogP contribution < -0.4 is 4.74 Å². The summed E-state index contributed by atoms with van der Waals surface area (Å²) in [5.74, 6) is -2.08. The van der Waals surface area contributed by atoms with E-state index in [9.17, 15) is 13.6 Å². The predicted octanol–water partition coefficient (Wildman–Crippen LogP) is 6.54. The predicted molar refractivity (Wildman–Crippen MR) is 109 cm³/mol. The number of esters is 1. The molecular formula is C24H34F2O3. The van der Waals surface area contributed by atoms with E-state index in [1.54, 1.807) is 6.92 Å². The monoisotopic (exact) mass is 408 g/mol. The van der Waals surface area contributed by atoms with Gasteiger partial charge in [-0.05, 0) is 50.5 Å². The van der Waals surface area contributed by atoms with Crippen molar-refractivity contribution in [2.24, 2.45) is 11.8 Å². The van der Waals surface area contributed by atoms with Crippen molar-refractivity contribution in [3.8, 4) is 5.75 Å². The number of benzene rings is 1. The molecule has 2 aliphatic rings. The summed E-state index contributed by atoms with van der Waals surface area (Å²) in [6.45, 7) is 4.20. The van der Waals surface area contributed by atoms with Gasteiger partial charge in [-0.3, -0.25) is 4.79 Å². The van der Waals surface area contributed by atoms with Gasteiger partial charge in [-0.15, -0.1) is 0 Å². The summed E-state index contributed by atoms with van der Waals surface area (Å²) in [5, 5.41) is 0. The molecule has 2 atom stereocenters. The molecule has 5 heteroatoms. The highest BCUT2D eigenvalue weighted by molar-refractivity contribution is 5.79. The van der Waals surface area contributed by atoms with Crippen LogP contribution in [-0.4, -0.2) is 18.7 Å². The molecular weight excluding hydrogens is 374 g/mol. The molecule has 1 heterocycles. The summed E-state index contributed by atoms with van der Waals surface area (Å²) in [5.41, 5.74) is 0.0778. The van der Waals surface area contributed by atoms with Gasteiger partial charge in [0.25, 0.3) is 0 Å². The highest BCUT2D eigenvalue weighted by atomic mass is 19.2. The van der Waals surface area contributed by atoms with Crippen molar-refractivity contribution in [3.63, 3.8) is 0 Å². The zero-order valence-electron chi connectivity index (χ0n) is 17.7. The molecule has 29 heavy (non-hydrogen) atoms. The first-order valence-corrected chi connectivity index (χ1v) is 11.4. The first kappa shape index (κ1) is 22.0. The van der Waals surface area contributed by atoms with Gasteiger partial charge in [-0.1, -0.05) is 51.5 Å². The van der Waals surface area contributed by atoms with Crippen LogP contribution in [0.1, 0.15) is 89.5 Å². The Bertz CT molecular complexity index is 683. The first-order valence-electron chi connectivity index (χ1n) is 11.4. The Morgan fingerprint density at radius 1 is 1.00 bits per heavy atom. The molecule has 0 N–H and O–H groups in total. The van der Waals surface area contributed by atoms with Crippen LogP contribution in [0.15, 0.2) is 12.1 Å². The molecule has 2 unspecified atom stereocenters. The number of cyclic esters (lactones) is 1. The van der Waals surface area contributed by atoms with Gasteiger partial charge in [-0.2, -0.15) is 4.39 Å². The smallest absolute Gasteiger partial charge is 0.313 e. The van der Waals surface area contributed by atoms with Crippen molar-refractivity contribution in [2.75, 3.05) is 6.61 Å². The summed E-state index contributed by atoms with van der Waals surface area (Å²) in [7, 11) is 0. The maximum atomic E-state index is 14.5. The molecule has 1 aliphatic heterocycles. The van der Waals surface area contributed by atoms with Gasteiger partial charge in [0.05, 0.1) is 12.5 Å². The lowest BCUT2D eigenvalue weighted by Gasteiger charge is -2.37. The normalized spacial score (nSPS) is 27.5. The van der Waals surface area contributed by atoms with Crippen molar-refractivity contribution in [2.45, 2.75) is 90.1 Å². The van der Waals surface area contributed by atoms with Crippen molar-refractivity contribution in [1.29, 1.82) is 0 Å². The summed E-state index contributed by atoms with van der Waals surface area (Å²) >= 11 is 0. The SMILES string of the molecule is CCCCCC1CCC(C2CCC(c3ccc(OCC)c(F)c3F)C(=O)O2)CC1. The van der Waals surface area contributed by atoms with E-state index in [0.29, 0.717) is 12.3 Å². The molecule has 1 aliphatic carbocycles.